The van der Waals surface area contributed by atoms with Crippen molar-refractivity contribution in [1.29, 1.82) is 0 Å². The van der Waals surface area contributed by atoms with Gasteiger partial charge in [-0.3, -0.25) is 0 Å². The van der Waals surface area contributed by atoms with Crippen LogP contribution in [0.4, 0.5) is 13.2 Å². The minimum atomic E-state index is -4.44. The molecule has 0 bridgehead atoms. The SMILES string of the molecule is CC[I-]c1ccc(-n2c3ccccc3c3cc(-c4ccc(C)cc4C)ccc32)c(-c2cc(-n3c4ccccc4c4cc(-c5ccc(C)cc5C)ccc43)ccc2-c2ccc(C(F)(F)F)cc2)c1. The third-order valence-electron chi connectivity index (χ3n) is 13.3. The van der Waals surface area contributed by atoms with E-state index in [1.165, 1.54) is 60.2 Å². The van der Waals surface area contributed by atoms with Crippen LogP contribution in [0.5, 0.6) is 0 Å². The van der Waals surface area contributed by atoms with E-state index in [-0.39, 0.29) is 21.2 Å². The normalized spacial score (nSPS) is 12.1. The van der Waals surface area contributed by atoms with Crippen LogP contribution >= 0.6 is 0 Å². The fraction of sp³-hybridized carbons (Fsp3) is 0.115. The number of hydrogen-bond donors (Lipinski definition) is 0. The molecule has 0 saturated carbocycles. The van der Waals surface area contributed by atoms with Gasteiger partial charge in [-0.2, -0.15) is 0 Å². The van der Waals surface area contributed by atoms with Crippen molar-refractivity contribution in [1.82, 2.24) is 9.13 Å². The number of halogens is 4. The predicted molar refractivity (Wildman–Crippen MR) is 270 cm³/mol. The number of nitrogens with zero attached hydrogens (tertiary/aromatic N) is 2. The van der Waals surface area contributed by atoms with Gasteiger partial charge in [-0.1, -0.05) is 29.3 Å². The number of para-hydroxylation sites is 2. The summed E-state index contributed by atoms with van der Waals surface area (Å²) in [4.78, 5) is 0. The van der Waals surface area contributed by atoms with Crippen LogP contribution < -0.4 is 21.2 Å². The number of aryl methyl sites for hydroxylation is 4. The summed E-state index contributed by atoms with van der Waals surface area (Å²) >= 11 is -0.299. The summed E-state index contributed by atoms with van der Waals surface area (Å²) in [6.07, 6.45) is -4.44. The van der Waals surface area contributed by atoms with Crippen molar-refractivity contribution in [3.05, 3.63) is 213 Å². The zero-order valence-electron chi connectivity index (χ0n) is 37.9. The molecule has 0 fully saturated rings. The Balaban J connectivity index is 1.18. The number of aromatic nitrogens is 2. The average molecular weight is 992 g/mol. The second-order valence-electron chi connectivity index (χ2n) is 17.7. The molecule has 0 N–H and O–H groups in total. The molecule has 0 unspecified atom stereocenters. The van der Waals surface area contributed by atoms with E-state index in [0.717, 1.165) is 81.7 Å². The predicted octanol–water partition coefficient (Wildman–Crippen LogP) is 14.1. The van der Waals surface area contributed by atoms with Crippen LogP contribution in [0.15, 0.2) is 182 Å². The minimum absolute atomic E-state index is 0.299. The van der Waals surface area contributed by atoms with Crippen molar-refractivity contribution in [2.75, 3.05) is 4.43 Å². The molecule has 67 heavy (non-hydrogen) atoms. The van der Waals surface area contributed by atoms with E-state index in [1.807, 2.05) is 0 Å². The van der Waals surface area contributed by atoms with Crippen molar-refractivity contribution in [3.8, 4) is 55.9 Å². The fourth-order valence-electron chi connectivity index (χ4n) is 10.2. The number of hydrogen-bond acceptors (Lipinski definition) is 0. The van der Waals surface area contributed by atoms with E-state index in [9.17, 15) is 13.2 Å². The van der Waals surface area contributed by atoms with Crippen LogP contribution in [0.3, 0.4) is 0 Å². The summed E-state index contributed by atoms with van der Waals surface area (Å²) in [6.45, 7) is 10.8. The van der Waals surface area contributed by atoms with E-state index in [1.54, 1.807) is 12.1 Å². The second kappa shape index (κ2) is 16.8. The Labute approximate surface area is 399 Å². The van der Waals surface area contributed by atoms with Crippen LogP contribution in [-0.2, 0) is 6.18 Å². The quantitative estimate of drug-likeness (QED) is 0.106. The van der Waals surface area contributed by atoms with Gasteiger partial charge in [0.15, 0.2) is 0 Å². The van der Waals surface area contributed by atoms with Crippen molar-refractivity contribution in [2.45, 2.75) is 40.8 Å². The maximum atomic E-state index is 14.0. The Morgan fingerprint density at radius 3 is 1.51 bits per heavy atom. The van der Waals surface area contributed by atoms with Gasteiger partial charge in [0, 0.05) is 0 Å². The average Bonchev–Trinajstić information content (AvgIpc) is 3.83. The number of benzene rings is 9. The molecule has 0 aliphatic rings. The molecule has 11 aromatic rings. The van der Waals surface area contributed by atoms with Gasteiger partial charge in [0.25, 0.3) is 0 Å². The number of rotatable bonds is 8. The van der Waals surface area contributed by atoms with Gasteiger partial charge in [-0.25, -0.2) is 0 Å². The molecule has 0 saturated heterocycles. The van der Waals surface area contributed by atoms with Crippen molar-refractivity contribution >= 4 is 43.6 Å². The standard InChI is InChI=1S/C61H47F3IN2/c1-6-65-45-23-30-60(67-57-14-10-8-12-51(57)54-34-43(20-29-59(54)67)48-26-16-38(3)32-40(48)5)55(35-45)52-36-46(24-27-49(52)41-17-21-44(22-18-41)61(62,63)64)66-56-13-9-7-11-50(56)53-33-42(19-28-58(53)66)47-25-15-37(2)31-39(47)4/h7-36H,6H2,1-5H3/q-1. The molecule has 11 rings (SSSR count). The zero-order valence-corrected chi connectivity index (χ0v) is 40.1. The van der Waals surface area contributed by atoms with Crippen LogP contribution in [0.1, 0.15) is 34.7 Å². The Hall–Kier alpha value is -6.90. The molecule has 330 valence electrons. The molecule has 2 heterocycles. The third kappa shape index (κ3) is 7.52. The monoisotopic (exact) mass is 991 g/mol. The molecule has 0 aliphatic heterocycles. The molecule has 6 heteroatoms. The summed E-state index contributed by atoms with van der Waals surface area (Å²) in [7, 11) is 0. The van der Waals surface area contributed by atoms with E-state index in [0.29, 0.717) is 0 Å². The van der Waals surface area contributed by atoms with E-state index < -0.39 is 11.7 Å². The molecule has 0 spiro atoms. The van der Waals surface area contributed by atoms with Crippen LogP contribution in [-0.4, -0.2) is 13.6 Å². The molecule has 2 aromatic heterocycles. The fourth-order valence-corrected chi connectivity index (χ4v) is 12.1. The zero-order chi connectivity index (χ0) is 46.1. The van der Waals surface area contributed by atoms with E-state index in [2.05, 4.69) is 201 Å². The molecular weight excluding hydrogens is 945 g/mol. The van der Waals surface area contributed by atoms with E-state index >= 15 is 0 Å². The van der Waals surface area contributed by atoms with Crippen LogP contribution in [0, 0.1) is 31.3 Å². The van der Waals surface area contributed by atoms with Gasteiger partial charge in [-0.05, 0) is 26.3 Å². The first-order valence-electron chi connectivity index (χ1n) is 22.7. The van der Waals surface area contributed by atoms with Crippen molar-refractivity contribution in [3.63, 3.8) is 0 Å². The van der Waals surface area contributed by atoms with Gasteiger partial charge in [0.05, 0.1) is 0 Å². The van der Waals surface area contributed by atoms with Crippen LogP contribution in [0.25, 0.3) is 99.5 Å². The summed E-state index contributed by atoms with van der Waals surface area (Å²) < 4.78 is 49.2. The first kappa shape index (κ1) is 42.7. The summed E-state index contributed by atoms with van der Waals surface area (Å²) in [5.74, 6) is 0. The molecule has 0 radical (unpaired) electrons. The number of alkyl halides is 4. The Morgan fingerprint density at radius 2 is 0.940 bits per heavy atom. The second-order valence-corrected chi connectivity index (χ2v) is 21.2. The Kier molecular flexibility index (Phi) is 10.7. The van der Waals surface area contributed by atoms with Crippen LogP contribution in [0.2, 0.25) is 0 Å². The van der Waals surface area contributed by atoms with Gasteiger partial charge in [-0.15, -0.1) is 0 Å². The summed E-state index contributed by atoms with van der Waals surface area (Å²) in [5, 5.41) is 4.62. The molecule has 2 nitrogen and oxygen atoms in total. The molecular formula is C61H47F3IN2-. The van der Waals surface area contributed by atoms with Gasteiger partial charge in [0.2, 0.25) is 0 Å². The first-order chi connectivity index (χ1) is 32.4. The molecule has 9 aromatic carbocycles. The third-order valence-corrected chi connectivity index (χ3v) is 15.6. The summed E-state index contributed by atoms with van der Waals surface area (Å²) in [6, 6.07) is 63.0. The molecule has 0 atom stereocenters. The Morgan fingerprint density at radius 1 is 0.418 bits per heavy atom. The maximum absolute atomic E-state index is 14.0. The summed E-state index contributed by atoms with van der Waals surface area (Å²) in [5.41, 5.74) is 18.9. The van der Waals surface area contributed by atoms with E-state index in [4.69, 9.17) is 0 Å². The topological polar surface area (TPSA) is 9.86 Å². The van der Waals surface area contributed by atoms with Crippen molar-refractivity contribution < 1.29 is 34.4 Å². The van der Waals surface area contributed by atoms with Gasteiger partial charge >= 0.3 is 346 Å². The van der Waals surface area contributed by atoms with Gasteiger partial charge < -0.3 is 0 Å². The number of fused-ring (bicyclic) bond motifs is 6. The first-order valence-corrected chi connectivity index (χ1v) is 25.3. The molecule has 0 aliphatic carbocycles. The van der Waals surface area contributed by atoms with Crippen molar-refractivity contribution in [2.24, 2.45) is 0 Å². The molecule has 0 amide bonds. The Bertz CT molecular complexity index is 3740. The van der Waals surface area contributed by atoms with Gasteiger partial charge in [0.1, 0.15) is 0 Å².